The van der Waals surface area contributed by atoms with Crippen molar-refractivity contribution >= 4 is 15.9 Å². The lowest BCUT2D eigenvalue weighted by atomic mass is 10.0. The fourth-order valence-electron chi connectivity index (χ4n) is 3.13. The van der Waals surface area contributed by atoms with E-state index in [4.69, 9.17) is 14.6 Å². The SMILES string of the molecule is COc1ccc(C2CC(C(=O)NCc3ccc(S(N)(=O)=O)cc3)NN2)cc1OC. The number of ether oxygens (including phenoxy) is 2. The molecule has 1 saturated heterocycles. The van der Waals surface area contributed by atoms with Crippen molar-refractivity contribution in [3.63, 3.8) is 0 Å². The summed E-state index contributed by atoms with van der Waals surface area (Å²) in [4.78, 5) is 12.5. The Balaban J connectivity index is 1.57. The summed E-state index contributed by atoms with van der Waals surface area (Å²) in [5.74, 6) is 1.11. The van der Waals surface area contributed by atoms with Crippen molar-refractivity contribution in [2.45, 2.75) is 29.9 Å². The Labute approximate surface area is 169 Å². The summed E-state index contributed by atoms with van der Waals surface area (Å²) in [6.07, 6.45) is 0.561. The number of hydrazine groups is 1. The van der Waals surface area contributed by atoms with Crippen LogP contribution in [0.15, 0.2) is 47.4 Å². The Morgan fingerprint density at radius 2 is 1.79 bits per heavy atom. The average molecular weight is 420 g/mol. The summed E-state index contributed by atoms with van der Waals surface area (Å²) < 4.78 is 33.1. The van der Waals surface area contributed by atoms with Gasteiger partial charge in [0.1, 0.15) is 6.04 Å². The highest BCUT2D eigenvalue weighted by molar-refractivity contribution is 7.89. The van der Waals surface area contributed by atoms with Crippen LogP contribution in [0, 0.1) is 0 Å². The molecular weight excluding hydrogens is 396 g/mol. The largest absolute Gasteiger partial charge is 0.493 e. The second-order valence-corrected chi connectivity index (χ2v) is 8.21. The van der Waals surface area contributed by atoms with Crippen LogP contribution in [0.5, 0.6) is 11.5 Å². The molecule has 9 nitrogen and oxygen atoms in total. The molecule has 2 atom stereocenters. The van der Waals surface area contributed by atoms with E-state index >= 15 is 0 Å². The van der Waals surface area contributed by atoms with Gasteiger partial charge < -0.3 is 14.8 Å². The van der Waals surface area contributed by atoms with E-state index < -0.39 is 16.1 Å². The third-order valence-electron chi connectivity index (χ3n) is 4.75. The van der Waals surface area contributed by atoms with Gasteiger partial charge in [0.2, 0.25) is 15.9 Å². The number of benzene rings is 2. The first-order chi connectivity index (χ1) is 13.8. The van der Waals surface area contributed by atoms with Crippen LogP contribution in [-0.4, -0.2) is 34.6 Å². The molecule has 0 aliphatic carbocycles. The highest BCUT2D eigenvalue weighted by Crippen LogP contribution is 2.32. The molecule has 1 fully saturated rings. The summed E-state index contributed by atoms with van der Waals surface area (Å²) >= 11 is 0. The van der Waals surface area contributed by atoms with E-state index in [9.17, 15) is 13.2 Å². The number of amides is 1. The van der Waals surface area contributed by atoms with Crippen LogP contribution >= 0.6 is 0 Å². The normalized spacial score (nSPS) is 19.0. The van der Waals surface area contributed by atoms with Gasteiger partial charge >= 0.3 is 0 Å². The van der Waals surface area contributed by atoms with E-state index in [-0.39, 0.29) is 23.4 Å². The van der Waals surface area contributed by atoms with Gasteiger partial charge in [-0.05, 0) is 41.8 Å². The number of hydrogen-bond donors (Lipinski definition) is 4. The van der Waals surface area contributed by atoms with Crippen LogP contribution in [0.2, 0.25) is 0 Å². The summed E-state index contributed by atoms with van der Waals surface area (Å²) in [6.45, 7) is 0.281. The van der Waals surface area contributed by atoms with Crippen molar-refractivity contribution in [3.8, 4) is 11.5 Å². The molecule has 3 rings (SSSR count). The molecule has 10 heteroatoms. The second kappa shape index (κ2) is 8.78. The third kappa shape index (κ3) is 5.04. The van der Waals surface area contributed by atoms with Crippen molar-refractivity contribution in [1.29, 1.82) is 0 Å². The zero-order chi connectivity index (χ0) is 21.0. The molecule has 2 unspecified atom stereocenters. The van der Waals surface area contributed by atoms with Crippen LogP contribution in [-0.2, 0) is 21.4 Å². The van der Waals surface area contributed by atoms with Crippen LogP contribution in [0.3, 0.4) is 0 Å². The van der Waals surface area contributed by atoms with Gasteiger partial charge in [-0.3, -0.25) is 4.79 Å². The number of nitrogens with two attached hydrogens (primary N) is 1. The molecule has 1 heterocycles. The summed E-state index contributed by atoms with van der Waals surface area (Å²) in [5, 5.41) is 7.92. The zero-order valence-electron chi connectivity index (χ0n) is 16.1. The summed E-state index contributed by atoms with van der Waals surface area (Å²) in [6, 6.07) is 11.2. The van der Waals surface area contributed by atoms with Gasteiger partial charge in [-0.1, -0.05) is 18.2 Å². The summed E-state index contributed by atoms with van der Waals surface area (Å²) in [5.41, 5.74) is 7.88. The number of methoxy groups -OCH3 is 2. The Morgan fingerprint density at radius 1 is 1.10 bits per heavy atom. The summed E-state index contributed by atoms with van der Waals surface area (Å²) in [7, 11) is -0.572. The van der Waals surface area contributed by atoms with Crippen molar-refractivity contribution in [1.82, 2.24) is 16.2 Å². The maximum Gasteiger partial charge on any atom is 0.238 e. The molecule has 1 amide bonds. The van der Waals surface area contributed by atoms with Crippen molar-refractivity contribution in [2.24, 2.45) is 5.14 Å². The fourth-order valence-corrected chi connectivity index (χ4v) is 3.64. The average Bonchev–Trinajstić information content (AvgIpc) is 3.21. The number of nitrogens with one attached hydrogen (secondary N) is 3. The lowest BCUT2D eigenvalue weighted by molar-refractivity contribution is -0.123. The second-order valence-electron chi connectivity index (χ2n) is 6.65. The molecule has 29 heavy (non-hydrogen) atoms. The molecule has 0 aromatic heterocycles. The van der Waals surface area contributed by atoms with Crippen molar-refractivity contribution in [3.05, 3.63) is 53.6 Å². The highest BCUT2D eigenvalue weighted by atomic mass is 32.2. The molecule has 156 valence electrons. The first-order valence-electron chi connectivity index (χ1n) is 8.94. The topological polar surface area (TPSA) is 132 Å². The van der Waals surface area contributed by atoms with Gasteiger partial charge in [0.25, 0.3) is 0 Å². The van der Waals surface area contributed by atoms with Crippen LogP contribution < -0.4 is 30.8 Å². The Morgan fingerprint density at radius 3 is 2.41 bits per heavy atom. The monoisotopic (exact) mass is 420 g/mol. The first-order valence-corrected chi connectivity index (χ1v) is 10.5. The minimum atomic E-state index is -3.73. The van der Waals surface area contributed by atoms with Gasteiger partial charge in [0.15, 0.2) is 11.5 Å². The number of primary sulfonamides is 1. The molecule has 2 aromatic rings. The zero-order valence-corrected chi connectivity index (χ0v) is 17.0. The molecule has 5 N–H and O–H groups in total. The number of sulfonamides is 1. The van der Waals surface area contributed by atoms with Gasteiger partial charge in [-0.25, -0.2) is 24.4 Å². The predicted octanol–water partition coefficient (Wildman–Crippen LogP) is 0.575. The van der Waals surface area contributed by atoms with Gasteiger partial charge in [0, 0.05) is 12.6 Å². The van der Waals surface area contributed by atoms with E-state index in [1.807, 2.05) is 18.2 Å². The van der Waals surface area contributed by atoms with Gasteiger partial charge in [0.05, 0.1) is 19.1 Å². The molecular formula is C19H24N4O5S. The predicted molar refractivity (Wildman–Crippen MR) is 107 cm³/mol. The smallest absolute Gasteiger partial charge is 0.238 e. The molecule has 0 radical (unpaired) electrons. The van der Waals surface area contributed by atoms with Crippen LogP contribution in [0.4, 0.5) is 0 Å². The lowest BCUT2D eigenvalue weighted by Crippen LogP contribution is -2.42. The standard InChI is InChI=1S/C19H24N4O5S/c1-27-17-8-5-13(9-18(17)28-2)15-10-16(23-22-15)19(24)21-11-12-3-6-14(7-4-12)29(20,25)26/h3-9,15-16,22-23H,10-11H2,1-2H3,(H,21,24)(H2,20,25,26). The number of rotatable bonds is 7. The molecule has 0 saturated carbocycles. The Hall–Kier alpha value is -2.66. The molecule has 1 aliphatic rings. The lowest BCUT2D eigenvalue weighted by Gasteiger charge is -2.13. The maximum atomic E-state index is 12.5. The van der Waals surface area contributed by atoms with E-state index in [0.29, 0.717) is 17.9 Å². The van der Waals surface area contributed by atoms with Gasteiger partial charge in [-0.2, -0.15) is 0 Å². The van der Waals surface area contributed by atoms with Gasteiger partial charge in [-0.15, -0.1) is 0 Å². The Kier molecular flexibility index (Phi) is 6.38. The van der Waals surface area contributed by atoms with E-state index in [1.54, 1.807) is 26.4 Å². The molecule has 2 aromatic carbocycles. The molecule has 0 bridgehead atoms. The Bertz CT molecular complexity index is 979. The fraction of sp³-hybridized carbons (Fsp3) is 0.316. The van der Waals surface area contributed by atoms with Crippen molar-refractivity contribution < 1.29 is 22.7 Å². The quantitative estimate of drug-likeness (QED) is 0.515. The van der Waals surface area contributed by atoms with Crippen molar-refractivity contribution in [2.75, 3.05) is 14.2 Å². The molecule has 0 spiro atoms. The van der Waals surface area contributed by atoms with Crippen LogP contribution in [0.25, 0.3) is 0 Å². The van der Waals surface area contributed by atoms with E-state index in [0.717, 1.165) is 11.1 Å². The van der Waals surface area contributed by atoms with E-state index in [2.05, 4.69) is 16.2 Å². The number of carbonyl (C=O) groups excluding carboxylic acids is 1. The first kappa shape index (κ1) is 21.1. The molecule has 1 aliphatic heterocycles. The minimum Gasteiger partial charge on any atom is -0.493 e. The van der Waals surface area contributed by atoms with Crippen LogP contribution in [0.1, 0.15) is 23.6 Å². The number of carbonyl (C=O) groups is 1. The minimum absolute atomic E-state index is 0.0343. The van der Waals surface area contributed by atoms with E-state index in [1.165, 1.54) is 12.1 Å². The third-order valence-corrected chi connectivity index (χ3v) is 5.68. The highest BCUT2D eigenvalue weighted by Gasteiger charge is 2.30. The maximum absolute atomic E-state index is 12.5. The number of hydrogen-bond acceptors (Lipinski definition) is 7.